The zero-order chi connectivity index (χ0) is 18.4. The molecule has 0 aliphatic carbocycles. The van der Waals surface area contributed by atoms with Crippen LogP contribution in [0.2, 0.25) is 0 Å². The van der Waals surface area contributed by atoms with Crippen molar-refractivity contribution in [2.45, 2.75) is 25.7 Å². The average Bonchev–Trinajstić information content (AvgIpc) is 2.69. The molecule has 1 aliphatic heterocycles. The van der Waals surface area contributed by atoms with Gasteiger partial charge in [0.2, 0.25) is 5.91 Å². The van der Waals surface area contributed by atoms with Crippen LogP contribution >= 0.6 is 0 Å². The smallest absolute Gasteiger partial charge is 0.228 e. The molecule has 0 saturated carbocycles. The summed E-state index contributed by atoms with van der Waals surface area (Å²) >= 11 is 0. The van der Waals surface area contributed by atoms with E-state index >= 15 is 0 Å². The minimum absolute atomic E-state index is 0.0812. The Kier molecular flexibility index (Phi) is 6.00. The van der Waals surface area contributed by atoms with Crippen LogP contribution in [0.25, 0.3) is 0 Å². The Bertz CT molecular complexity index is 737. The summed E-state index contributed by atoms with van der Waals surface area (Å²) in [5, 5.41) is 2.91. The topological polar surface area (TPSA) is 50.8 Å². The van der Waals surface area contributed by atoms with Crippen LogP contribution in [0.3, 0.4) is 0 Å². The first-order valence-electron chi connectivity index (χ1n) is 9.05. The van der Waals surface area contributed by atoms with Gasteiger partial charge in [-0.2, -0.15) is 0 Å². The maximum Gasteiger partial charge on any atom is 0.228 e. The third-order valence-electron chi connectivity index (χ3n) is 4.70. The summed E-state index contributed by atoms with van der Waals surface area (Å²) in [7, 11) is 3.17. The van der Waals surface area contributed by atoms with E-state index in [1.54, 1.807) is 32.4 Å². The normalized spacial score (nSPS) is 14.0. The second-order valence-corrected chi connectivity index (χ2v) is 6.51. The van der Waals surface area contributed by atoms with E-state index in [0.717, 1.165) is 18.7 Å². The Balaban J connectivity index is 1.63. The quantitative estimate of drug-likeness (QED) is 0.855. The first kappa shape index (κ1) is 18.1. The number of rotatable bonds is 6. The highest BCUT2D eigenvalue weighted by molar-refractivity contribution is 5.94. The molecule has 5 heteroatoms. The fourth-order valence-corrected chi connectivity index (χ4v) is 3.27. The summed E-state index contributed by atoms with van der Waals surface area (Å²) in [6, 6.07) is 13.6. The highest BCUT2D eigenvalue weighted by Gasteiger charge is 2.12. The van der Waals surface area contributed by atoms with Crippen molar-refractivity contribution >= 4 is 17.3 Å². The first-order chi connectivity index (χ1) is 12.7. The summed E-state index contributed by atoms with van der Waals surface area (Å²) < 4.78 is 10.5. The Morgan fingerprint density at radius 1 is 1.00 bits per heavy atom. The van der Waals surface area contributed by atoms with Gasteiger partial charge in [-0.1, -0.05) is 12.1 Å². The molecule has 0 atom stereocenters. The Morgan fingerprint density at radius 3 is 2.38 bits per heavy atom. The van der Waals surface area contributed by atoms with Crippen molar-refractivity contribution in [3.8, 4) is 11.5 Å². The van der Waals surface area contributed by atoms with Crippen molar-refractivity contribution in [3.05, 3.63) is 48.0 Å². The lowest BCUT2D eigenvalue weighted by Crippen LogP contribution is -2.29. The summed E-state index contributed by atoms with van der Waals surface area (Å²) in [6.45, 7) is 2.24. The molecule has 1 amide bonds. The van der Waals surface area contributed by atoms with Gasteiger partial charge in [-0.15, -0.1) is 0 Å². The SMILES string of the molecule is COc1ccc(OC)c(NC(=O)Cc2ccc(N3CCCCC3)cc2)c1. The number of anilines is 2. The number of nitrogens with zero attached hydrogens (tertiary/aromatic N) is 1. The molecule has 1 heterocycles. The predicted molar refractivity (Wildman–Crippen MR) is 104 cm³/mol. The molecule has 1 saturated heterocycles. The van der Waals surface area contributed by atoms with Crippen molar-refractivity contribution in [2.75, 3.05) is 37.5 Å². The number of carbonyl (C=O) groups excluding carboxylic acids is 1. The first-order valence-corrected chi connectivity index (χ1v) is 9.05. The molecule has 2 aromatic carbocycles. The molecule has 3 rings (SSSR count). The van der Waals surface area contributed by atoms with Gasteiger partial charge in [0.25, 0.3) is 0 Å². The molecule has 0 aromatic heterocycles. The number of piperidine rings is 1. The van der Waals surface area contributed by atoms with Gasteiger partial charge in [0.15, 0.2) is 0 Å². The van der Waals surface area contributed by atoms with Crippen molar-refractivity contribution < 1.29 is 14.3 Å². The van der Waals surface area contributed by atoms with Crippen molar-refractivity contribution in [3.63, 3.8) is 0 Å². The summed E-state index contributed by atoms with van der Waals surface area (Å²) in [5.74, 6) is 1.20. The number of nitrogens with one attached hydrogen (secondary N) is 1. The van der Waals surface area contributed by atoms with Gasteiger partial charge in [-0.3, -0.25) is 4.79 Å². The van der Waals surface area contributed by atoms with Gasteiger partial charge in [-0.25, -0.2) is 0 Å². The molecule has 0 radical (unpaired) electrons. The Labute approximate surface area is 154 Å². The van der Waals surface area contributed by atoms with Gasteiger partial charge in [0.1, 0.15) is 11.5 Å². The van der Waals surface area contributed by atoms with Gasteiger partial charge in [0, 0.05) is 24.8 Å². The molecule has 0 spiro atoms. The van der Waals surface area contributed by atoms with Gasteiger partial charge in [0.05, 0.1) is 26.3 Å². The second kappa shape index (κ2) is 8.61. The number of carbonyl (C=O) groups is 1. The number of ether oxygens (including phenoxy) is 2. The van der Waals surface area contributed by atoms with Crippen LogP contribution in [0, 0.1) is 0 Å². The maximum absolute atomic E-state index is 12.4. The fraction of sp³-hybridized carbons (Fsp3) is 0.381. The van der Waals surface area contributed by atoms with Gasteiger partial charge in [-0.05, 0) is 49.1 Å². The number of methoxy groups -OCH3 is 2. The van der Waals surface area contributed by atoms with E-state index in [1.807, 2.05) is 12.1 Å². The number of hydrogen-bond acceptors (Lipinski definition) is 4. The third-order valence-corrected chi connectivity index (χ3v) is 4.70. The minimum atomic E-state index is -0.0812. The fourth-order valence-electron chi connectivity index (χ4n) is 3.27. The Hall–Kier alpha value is -2.69. The lowest BCUT2D eigenvalue weighted by molar-refractivity contribution is -0.115. The van der Waals surface area contributed by atoms with E-state index in [2.05, 4.69) is 22.3 Å². The summed E-state index contributed by atoms with van der Waals surface area (Å²) in [6.07, 6.45) is 4.15. The summed E-state index contributed by atoms with van der Waals surface area (Å²) in [4.78, 5) is 14.8. The van der Waals surface area contributed by atoms with E-state index in [4.69, 9.17) is 9.47 Å². The highest BCUT2D eigenvalue weighted by Crippen LogP contribution is 2.29. The molecule has 1 aliphatic rings. The predicted octanol–water partition coefficient (Wildman–Crippen LogP) is 3.88. The van der Waals surface area contributed by atoms with Crippen LogP contribution in [0.4, 0.5) is 11.4 Å². The van der Waals surface area contributed by atoms with E-state index in [0.29, 0.717) is 23.6 Å². The van der Waals surface area contributed by atoms with E-state index < -0.39 is 0 Å². The van der Waals surface area contributed by atoms with Crippen molar-refractivity contribution in [1.29, 1.82) is 0 Å². The van der Waals surface area contributed by atoms with E-state index in [1.165, 1.54) is 24.9 Å². The Morgan fingerprint density at radius 2 is 1.73 bits per heavy atom. The van der Waals surface area contributed by atoms with Crippen LogP contribution in [-0.2, 0) is 11.2 Å². The zero-order valence-electron chi connectivity index (χ0n) is 15.5. The van der Waals surface area contributed by atoms with E-state index in [-0.39, 0.29) is 5.91 Å². The standard InChI is InChI=1S/C21H26N2O3/c1-25-18-10-11-20(26-2)19(15-18)22-21(24)14-16-6-8-17(9-7-16)23-12-4-3-5-13-23/h6-11,15H,3-5,12-14H2,1-2H3,(H,22,24). The molecule has 1 N–H and O–H groups in total. The van der Waals surface area contributed by atoms with Crippen molar-refractivity contribution in [1.82, 2.24) is 0 Å². The minimum Gasteiger partial charge on any atom is -0.497 e. The molecule has 1 fully saturated rings. The van der Waals surface area contributed by atoms with Gasteiger partial charge < -0.3 is 19.7 Å². The molecule has 138 valence electrons. The average molecular weight is 354 g/mol. The maximum atomic E-state index is 12.4. The molecule has 0 bridgehead atoms. The van der Waals surface area contributed by atoms with Crippen LogP contribution in [0.15, 0.2) is 42.5 Å². The van der Waals surface area contributed by atoms with Crippen LogP contribution < -0.4 is 19.7 Å². The molecule has 0 unspecified atom stereocenters. The van der Waals surface area contributed by atoms with E-state index in [9.17, 15) is 4.79 Å². The molecule has 2 aromatic rings. The van der Waals surface area contributed by atoms with Crippen LogP contribution in [0.5, 0.6) is 11.5 Å². The second-order valence-electron chi connectivity index (χ2n) is 6.51. The summed E-state index contributed by atoms with van der Waals surface area (Å²) in [5.41, 5.74) is 2.84. The zero-order valence-corrected chi connectivity index (χ0v) is 15.5. The van der Waals surface area contributed by atoms with Crippen LogP contribution in [0.1, 0.15) is 24.8 Å². The molecule has 5 nitrogen and oxygen atoms in total. The number of benzene rings is 2. The molecule has 26 heavy (non-hydrogen) atoms. The lowest BCUT2D eigenvalue weighted by atomic mass is 10.1. The monoisotopic (exact) mass is 354 g/mol. The number of hydrogen-bond donors (Lipinski definition) is 1. The third kappa shape index (κ3) is 4.48. The largest absolute Gasteiger partial charge is 0.497 e. The van der Waals surface area contributed by atoms with Gasteiger partial charge >= 0.3 is 0 Å². The molecular formula is C21H26N2O3. The highest BCUT2D eigenvalue weighted by atomic mass is 16.5. The van der Waals surface area contributed by atoms with Crippen molar-refractivity contribution in [2.24, 2.45) is 0 Å². The van der Waals surface area contributed by atoms with Crippen LogP contribution in [-0.4, -0.2) is 33.2 Å². The molecular weight excluding hydrogens is 328 g/mol. The lowest BCUT2D eigenvalue weighted by Gasteiger charge is -2.28. The number of amides is 1.